The minimum absolute atomic E-state index is 0.287. The van der Waals surface area contributed by atoms with E-state index in [1.54, 1.807) is 0 Å². The molecule has 3 aliphatic rings. The first-order chi connectivity index (χ1) is 11.5. The highest BCUT2D eigenvalue weighted by molar-refractivity contribution is 14.1. The second kappa shape index (κ2) is 5.69. The van der Waals surface area contributed by atoms with Crippen LogP contribution in [0.1, 0.15) is 31.9 Å². The fourth-order valence-electron chi connectivity index (χ4n) is 3.91. The molecule has 2 saturated heterocycles. The van der Waals surface area contributed by atoms with E-state index in [0.717, 1.165) is 25.7 Å². The molecule has 4 rings (SSSR count). The highest BCUT2D eigenvalue weighted by Crippen LogP contribution is 2.55. The number of H-pyrrole nitrogens is 1. The van der Waals surface area contributed by atoms with Crippen molar-refractivity contribution in [1.82, 2.24) is 9.55 Å². The number of nitrogens with zero attached hydrogens (tertiary/aromatic N) is 1. The van der Waals surface area contributed by atoms with Crippen LogP contribution >= 0.6 is 22.6 Å². The third kappa shape index (κ3) is 2.22. The molecule has 1 saturated carbocycles. The molecule has 24 heavy (non-hydrogen) atoms. The van der Waals surface area contributed by atoms with Gasteiger partial charge in [0.15, 0.2) is 12.0 Å². The number of aromatic amines is 1. The fraction of sp³-hybridized carbons (Fsp3) is 0.625. The monoisotopic (exact) mass is 444 g/mol. The Kier molecular flexibility index (Phi) is 3.87. The first-order valence-electron chi connectivity index (χ1n) is 7.92. The first-order valence-corrected chi connectivity index (χ1v) is 9.45. The van der Waals surface area contributed by atoms with E-state index in [2.05, 4.69) is 33.5 Å². The lowest BCUT2D eigenvalue weighted by Crippen LogP contribution is -2.47. The zero-order chi connectivity index (χ0) is 16.9. The normalized spacial score (nSPS) is 36.8. The van der Waals surface area contributed by atoms with Crippen LogP contribution in [-0.4, -0.2) is 37.6 Å². The number of ether oxygens (including phenoxy) is 3. The highest BCUT2D eigenvalue weighted by Gasteiger charge is 2.68. The van der Waals surface area contributed by atoms with E-state index >= 15 is 0 Å². The van der Waals surface area contributed by atoms with Crippen LogP contribution in [0.3, 0.4) is 0 Å². The molecule has 0 unspecified atom stereocenters. The van der Waals surface area contributed by atoms with E-state index in [1.165, 1.54) is 16.8 Å². The molecule has 8 heteroatoms. The average Bonchev–Trinajstić information content (AvgIpc) is 3.22. The molecule has 1 aliphatic carbocycles. The molecule has 4 atom stereocenters. The second-order valence-corrected chi connectivity index (χ2v) is 7.28. The number of terminal acetylenes is 1. The van der Waals surface area contributed by atoms with Crippen molar-refractivity contribution in [3.05, 3.63) is 33.1 Å². The van der Waals surface area contributed by atoms with Crippen molar-refractivity contribution >= 4 is 22.6 Å². The smallest absolute Gasteiger partial charge is 0.330 e. The largest absolute Gasteiger partial charge is 0.347 e. The molecule has 1 aromatic heterocycles. The van der Waals surface area contributed by atoms with Crippen LogP contribution in [0.2, 0.25) is 0 Å². The molecule has 128 valence electrons. The van der Waals surface area contributed by atoms with Crippen molar-refractivity contribution in [3.63, 3.8) is 0 Å². The second-order valence-electron chi connectivity index (χ2n) is 6.39. The van der Waals surface area contributed by atoms with Gasteiger partial charge >= 0.3 is 5.69 Å². The molecule has 0 bridgehead atoms. The Balaban J connectivity index is 1.81. The van der Waals surface area contributed by atoms with E-state index in [4.69, 9.17) is 20.6 Å². The van der Waals surface area contributed by atoms with E-state index in [9.17, 15) is 9.59 Å². The zero-order valence-corrected chi connectivity index (χ0v) is 15.0. The Hall–Kier alpha value is -1.15. The van der Waals surface area contributed by atoms with E-state index in [1.807, 2.05) is 0 Å². The van der Waals surface area contributed by atoms with Gasteiger partial charge in [-0.1, -0.05) is 28.5 Å². The summed E-state index contributed by atoms with van der Waals surface area (Å²) in [6.07, 6.45) is 9.30. The standard InChI is InChI=1S/C16H17IN2O5/c1-2-16-12(23-15(24-16)6-3-4-7-15)10(9-17)22-13(16)19-8-5-11(20)18-14(19)21/h1,5,8,10,12-13H,3-4,6-7,9H2,(H,18,20,21)/t10-,12-,13-,16-/m1/s1. The summed E-state index contributed by atoms with van der Waals surface area (Å²) in [6.45, 7) is 0. The van der Waals surface area contributed by atoms with Gasteiger partial charge in [-0.2, -0.15) is 0 Å². The summed E-state index contributed by atoms with van der Waals surface area (Å²) in [5.74, 6) is 2.03. The molecule has 0 radical (unpaired) electrons. The van der Waals surface area contributed by atoms with Gasteiger partial charge in [0.05, 0.1) is 6.10 Å². The van der Waals surface area contributed by atoms with Gasteiger partial charge in [0.25, 0.3) is 5.56 Å². The Morgan fingerprint density at radius 2 is 2.17 bits per heavy atom. The summed E-state index contributed by atoms with van der Waals surface area (Å²) in [7, 11) is 0. The number of rotatable bonds is 2. The Labute approximate surface area is 151 Å². The van der Waals surface area contributed by atoms with Gasteiger partial charge in [-0.15, -0.1) is 6.42 Å². The predicted octanol–water partition coefficient (Wildman–Crippen LogP) is 0.927. The number of alkyl halides is 1. The van der Waals surface area contributed by atoms with Crippen molar-refractivity contribution in [1.29, 1.82) is 0 Å². The van der Waals surface area contributed by atoms with Crippen LogP contribution in [0.5, 0.6) is 0 Å². The van der Waals surface area contributed by atoms with Crippen molar-refractivity contribution in [2.45, 2.75) is 55.5 Å². The number of halogens is 1. The number of hydrogen-bond acceptors (Lipinski definition) is 5. The van der Waals surface area contributed by atoms with Gasteiger partial charge in [-0.25, -0.2) is 4.79 Å². The van der Waals surface area contributed by atoms with Crippen LogP contribution < -0.4 is 11.2 Å². The molecule has 3 heterocycles. The fourth-order valence-corrected chi connectivity index (χ4v) is 4.58. The zero-order valence-electron chi connectivity index (χ0n) is 12.9. The van der Waals surface area contributed by atoms with Gasteiger partial charge in [-0.05, 0) is 12.8 Å². The minimum Gasteiger partial charge on any atom is -0.347 e. The van der Waals surface area contributed by atoms with Gasteiger partial charge in [0.2, 0.25) is 5.60 Å². The molecule has 7 nitrogen and oxygen atoms in total. The molecule has 1 N–H and O–H groups in total. The molecule has 1 aromatic rings. The highest BCUT2D eigenvalue weighted by atomic mass is 127. The van der Waals surface area contributed by atoms with Crippen molar-refractivity contribution in [3.8, 4) is 12.3 Å². The molecular formula is C16H17IN2O5. The van der Waals surface area contributed by atoms with Crippen molar-refractivity contribution < 1.29 is 14.2 Å². The van der Waals surface area contributed by atoms with E-state index < -0.39 is 35.0 Å². The van der Waals surface area contributed by atoms with Gasteiger partial charge in [0.1, 0.15) is 6.10 Å². The van der Waals surface area contributed by atoms with Crippen LogP contribution in [0.15, 0.2) is 21.9 Å². The maximum Gasteiger partial charge on any atom is 0.330 e. The third-order valence-corrected chi connectivity index (χ3v) is 5.84. The lowest BCUT2D eigenvalue weighted by Gasteiger charge is -2.30. The first kappa shape index (κ1) is 16.3. The minimum atomic E-state index is -1.18. The molecule has 2 aliphatic heterocycles. The van der Waals surface area contributed by atoms with E-state index in [0.29, 0.717) is 4.43 Å². The van der Waals surface area contributed by atoms with E-state index in [-0.39, 0.29) is 6.10 Å². The molecule has 0 aromatic carbocycles. The predicted molar refractivity (Wildman–Crippen MR) is 92.8 cm³/mol. The summed E-state index contributed by atoms with van der Waals surface area (Å²) < 4.78 is 20.5. The topological polar surface area (TPSA) is 82.6 Å². The molecule has 3 fully saturated rings. The molecular weight excluding hydrogens is 427 g/mol. The van der Waals surface area contributed by atoms with Crippen LogP contribution in [0.25, 0.3) is 0 Å². The summed E-state index contributed by atoms with van der Waals surface area (Å²) >= 11 is 2.21. The number of fused-ring (bicyclic) bond motifs is 1. The lowest BCUT2D eigenvalue weighted by molar-refractivity contribution is -0.221. The molecule has 1 spiro atoms. The maximum atomic E-state index is 12.2. The maximum absolute atomic E-state index is 12.2. The molecule has 0 amide bonds. The number of hydrogen-bond donors (Lipinski definition) is 1. The van der Waals surface area contributed by atoms with Crippen LogP contribution in [0, 0.1) is 12.3 Å². The van der Waals surface area contributed by atoms with Crippen molar-refractivity contribution in [2.24, 2.45) is 0 Å². The third-order valence-electron chi connectivity index (χ3n) is 4.97. The quantitative estimate of drug-likeness (QED) is 0.417. The lowest BCUT2D eigenvalue weighted by atomic mass is 9.95. The Bertz CT molecular complexity index is 806. The Morgan fingerprint density at radius 3 is 2.79 bits per heavy atom. The van der Waals surface area contributed by atoms with Gasteiger partial charge in [0, 0.05) is 29.5 Å². The summed E-state index contributed by atoms with van der Waals surface area (Å²) in [5.41, 5.74) is -2.23. The van der Waals surface area contributed by atoms with Crippen LogP contribution in [0.4, 0.5) is 0 Å². The summed E-state index contributed by atoms with van der Waals surface area (Å²) in [4.78, 5) is 25.8. The average molecular weight is 444 g/mol. The number of nitrogens with one attached hydrogen (secondary N) is 1. The number of aromatic nitrogens is 2. The van der Waals surface area contributed by atoms with Crippen LogP contribution in [-0.2, 0) is 14.2 Å². The van der Waals surface area contributed by atoms with Crippen molar-refractivity contribution in [2.75, 3.05) is 4.43 Å². The van der Waals surface area contributed by atoms with Gasteiger partial charge in [-0.3, -0.25) is 14.3 Å². The SMILES string of the molecule is C#C[C@@]12OC3(CCCC3)O[C@@H]1[C@@H](CI)O[C@H]2n1ccc(=O)[nH]c1=O. The summed E-state index contributed by atoms with van der Waals surface area (Å²) in [6, 6.07) is 1.27. The Morgan fingerprint density at radius 1 is 1.42 bits per heavy atom. The van der Waals surface area contributed by atoms with Gasteiger partial charge < -0.3 is 14.2 Å². The summed E-state index contributed by atoms with van der Waals surface area (Å²) in [5, 5.41) is 0.